The lowest BCUT2D eigenvalue weighted by Crippen LogP contribution is -2.44. The summed E-state index contributed by atoms with van der Waals surface area (Å²) in [6.07, 6.45) is 0.441. The number of carbonyl (C=O) groups is 2. The molecular weight excluding hydrogens is 458 g/mol. The van der Waals surface area contributed by atoms with Gasteiger partial charge in [0.05, 0.1) is 28.8 Å². The van der Waals surface area contributed by atoms with Crippen molar-refractivity contribution in [3.63, 3.8) is 0 Å². The summed E-state index contributed by atoms with van der Waals surface area (Å²) in [5.74, 6) is -0.126. The van der Waals surface area contributed by atoms with E-state index in [1.165, 1.54) is 10.4 Å². The third-order valence-electron chi connectivity index (χ3n) is 6.03. The summed E-state index contributed by atoms with van der Waals surface area (Å²) in [6.45, 7) is 6.01. The number of amides is 2. The van der Waals surface area contributed by atoms with Gasteiger partial charge in [-0.2, -0.15) is 4.31 Å². The van der Waals surface area contributed by atoms with Crippen molar-refractivity contribution in [1.29, 1.82) is 0 Å². The van der Waals surface area contributed by atoms with Gasteiger partial charge in [-0.3, -0.25) is 9.59 Å². The number of benzene rings is 2. The van der Waals surface area contributed by atoms with Crippen LogP contribution in [0.5, 0.6) is 11.5 Å². The van der Waals surface area contributed by atoms with Crippen LogP contribution in [-0.2, 0) is 19.6 Å². The molecule has 2 aromatic rings. The Hall–Kier alpha value is -3.11. The molecule has 0 saturated carbocycles. The van der Waals surface area contributed by atoms with E-state index in [0.717, 1.165) is 0 Å². The molecule has 2 atom stereocenters. The average molecular weight is 488 g/mol. The zero-order chi connectivity index (χ0) is 24.5. The normalized spacial score (nSPS) is 20.6. The van der Waals surface area contributed by atoms with Crippen molar-refractivity contribution >= 4 is 33.2 Å². The summed E-state index contributed by atoms with van der Waals surface area (Å²) in [5.41, 5.74) is 1.51. The molecule has 2 aliphatic rings. The smallest absolute Gasteiger partial charge is 0.265 e. The SMILES string of the molecule is CCOc1ccccc1NC(=O)[C@@H]1CCCN(S(=O)(=O)c2cc3c(cc2C)NC(=O)[C@@H](C)O3)C1. The molecule has 2 amide bonds. The number of nitrogens with zero attached hydrogens (tertiary/aromatic N) is 1. The van der Waals surface area contributed by atoms with Crippen molar-refractivity contribution in [2.45, 2.75) is 44.6 Å². The van der Waals surface area contributed by atoms with Gasteiger partial charge in [0.1, 0.15) is 11.5 Å². The van der Waals surface area contributed by atoms with E-state index in [1.54, 1.807) is 38.1 Å². The molecule has 182 valence electrons. The van der Waals surface area contributed by atoms with E-state index in [0.29, 0.717) is 54.4 Å². The fourth-order valence-corrected chi connectivity index (χ4v) is 5.97. The largest absolute Gasteiger partial charge is 0.492 e. The number of para-hydroxylation sites is 2. The molecule has 9 nitrogen and oxygen atoms in total. The number of piperidine rings is 1. The molecule has 0 aromatic heterocycles. The number of sulfonamides is 1. The highest BCUT2D eigenvalue weighted by molar-refractivity contribution is 7.89. The van der Waals surface area contributed by atoms with Crippen LogP contribution >= 0.6 is 0 Å². The Morgan fingerprint density at radius 1 is 1.29 bits per heavy atom. The predicted molar refractivity (Wildman–Crippen MR) is 128 cm³/mol. The molecule has 34 heavy (non-hydrogen) atoms. The number of hydrogen-bond donors (Lipinski definition) is 2. The van der Waals surface area contributed by atoms with Crippen molar-refractivity contribution in [3.05, 3.63) is 42.0 Å². The second kappa shape index (κ2) is 9.63. The minimum atomic E-state index is -3.88. The van der Waals surface area contributed by atoms with E-state index in [4.69, 9.17) is 9.47 Å². The summed E-state index contributed by atoms with van der Waals surface area (Å²) in [5, 5.41) is 5.62. The first-order valence-corrected chi connectivity index (χ1v) is 12.8. The zero-order valence-corrected chi connectivity index (χ0v) is 20.3. The van der Waals surface area contributed by atoms with Crippen LogP contribution in [0.4, 0.5) is 11.4 Å². The van der Waals surface area contributed by atoms with E-state index in [9.17, 15) is 18.0 Å². The summed E-state index contributed by atoms with van der Waals surface area (Å²) < 4.78 is 39.6. The number of carbonyl (C=O) groups excluding carboxylic acids is 2. The molecule has 0 unspecified atom stereocenters. The maximum absolute atomic E-state index is 13.5. The molecule has 0 spiro atoms. The van der Waals surface area contributed by atoms with E-state index in [-0.39, 0.29) is 23.3 Å². The second-order valence-corrected chi connectivity index (χ2v) is 10.4. The topological polar surface area (TPSA) is 114 Å². The molecule has 1 saturated heterocycles. The van der Waals surface area contributed by atoms with Crippen molar-refractivity contribution in [1.82, 2.24) is 4.31 Å². The van der Waals surface area contributed by atoms with Gasteiger partial charge in [0, 0.05) is 19.2 Å². The monoisotopic (exact) mass is 487 g/mol. The minimum Gasteiger partial charge on any atom is -0.492 e. The third kappa shape index (κ3) is 4.74. The van der Waals surface area contributed by atoms with E-state index >= 15 is 0 Å². The number of nitrogens with one attached hydrogen (secondary N) is 2. The first-order chi connectivity index (χ1) is 16.2. The molecule has 2 aromatic carbocycles. The van der Waals surface area contributed by atoms with Crippen molar-refractivity contribution in [2.75, 3.05) is 30.3 Å². The Bertz CT molecular complexity index is 1210. The molecule has 0 radical (unpaired) electrons. The number of hydrogen-bond acceptors (Lipinski definition) is 6. The van der Waals surface area contributed by atoms with Gasteiger partial charge in [-0.25, -0.2) is 8.42 Å². The van der Waals surface area contributed by atoms with Crippen LogP contribution < -0.4 is 20.1 Å². The highest BCUT2D eigenvalue weighted by atomic mass is 32.2. The lowest BCUT2D eigenvalue weighted by molar-refractivity contribution is -0.123. The number of anilines is 2. The Morgan fingerprint density at radius 2 is 2.06 bits per heavy atom. The predicted octanol–water partition coefficient (Wildman–Crippen LogP) is 3.15. The molecule has 2 N–H and O–H groups in total. The summed E-state index contributed by atoms with van der Waals surface area (Å²) >= 11 is 0. The van der Waals surface area contributed by atoms with Crippen molar-refractivity contribution < 1.29 is 27.5 Å². The van der Waals surface area contributed by atoms with E-state index in [2.05, 4.69) is 10.6 Å². The molecular formula is C24H29N3O6S. The van der Waals surface area contributed by atoms with Crippen molar-refractivity contribution in [3.8, 4) is 11.5 Å². The van der Waals surface area contributed by atoms with Gasteiger partial charge in [-0.05, 0) is 57.4 Å². The van der Waals surface area contributed by atoms with Gasteiger partial charge >= 0.3 is 0 Å². The van der Waals surface area contributed by atoms with Gasteiger partial charge < -0.3 is 20.1 Å². The molecule has 10 heteroatoms. The summed E-state index contributed by atoms with van der Waals surface area (Å²) in [4.78, 5) is 25.0. The van der Waals surface area contributed by atoms with Gasteiger partial charge in [0.2, 0.25) is 15.9 Å². The third-order valence-corrected chi connectivity index (χ3v) is 8.03. The molecule has 0 bridgehead atoms. The fourth-order valence-electron chi connectivity index (χ4n) is 4.22. The average Bonchev–Trinajstić information content (AvgIpc) is 2.81. The van der Waals surface area contributed by atoms with Crippen LogP contribution in [0.2, 0.25) is 0 Å². The van der Waals surface area contributed by atoms with Gasteiger partial charge in [-0.1, -0.05) is 12.1 Å². The first kappa shape index (κ1) is 24.0. The zero-order valence-electron chi connectivity index (χ0n) is 19.5. The highest BCUT2D eigenvalue weighted by Crippen LogP contribution is 2.36. The van der Waals surface area contributed by atoms with Crippen LogP contribution in [0.3, 0.4) is 0 Å². The van der Waals surface area contributed by atoms with E-state index in [1.807, 2.05) is 13.0 Å². The van der Waals surface area contributed by atoms with Crippen LogP contribution in [0.25, 0.3) is 0 Å². The van der Waals surface area contributed by atoms with Gasteiger partial charge in [0.15, 0.2) is 6.10 Å². The Kier molecular flexibility index (Phi) is 6.81. The number of fused-ring (bicyclic) bond motifs is 1. The summed E-state index contributed by atoms with van der Waals surface area (Å²) in [7, 11) is -3.88. The maximum Gasteiger partial charge on any atom is 0.265 e. The van der Waals surface area contributed by atoms with Crippen LogP contribution in [-0.4, -0.2) is 50.3 Å². The Morgan fingerprint density at radius 3 is 2.82 bits per heavy atom. The standard InChI is InChI=1S/C24H29N3O6S/c1-4-32-20-10-6-5-9-18(20)25-24(29)17-8-7-11-27(14-17)34(30,31)22-13-21-19(12-15(22)2)26-23(28)16(3)33-21/h5-6,9-10,12-13,16-17H,4,7-8,11,14H2,1-3H3,(H,25,29)(H,26,28)/t16-,17-/m1/s1. The van der Waals surface area contributed by atoms with Crippen LogP contribution in [0, 0.1) is 12.8 Å². The molecule has 1 fully saturated rings. The van der Waals surface area contributed by atoms with Crippen LogP contribution in [0.1, 0.15) is 32.3 Å². The van der Waals surface area contributed by atoms with Gasteiger partial charge in [-0.15, -0.1) is 0 Å². The number of rotatable bonds is 6. The fraction of sp³-hybridized carbons (Fsp3) is 0.417. The Labute approximate surface area is 199 Å². The molecule has 2 heterocycles. The molecule has 0 aliphatic carbocycles. The van der Waals surface area contributed by atoms with Crippen LogP contribution in [0.15, 0.2) is 41.3 Å². The minimum absolute atomic E-state index is 0.0789. The number of aryl methyl sites for hydroxylation is 1. The first-order valence-electron chi connectivity index (χ1n) is 11.4. The summed E-state index contributed by atoms with van der Waals surface area (Å²) in [6, 6.07) is 10.2. The highest BCUT2D eigenvalue weighted by Gasteiger charge is 2.35. The van der Waals surface area contributed by atoms with Crippen molar-refractivity contribution in [2.24, 2.45) is 5.92 Å². The second-order valence-electron chi connectivity index (χ2n) is 8.48. The lowest BCUT2D eigenvalue weighted by Gasteiger charge is -2.32. The quantitative estimate of drug-likeness (QED) is 0.647. The van der Waals surface area contributed by atoms with Gasteiger partial charge in [0.25, 0.3) is 5.91 Å². The van der Waals surface area contributed by atoms with E-state index < -0.39 is 22.0 Å². The number of ether oxygens (including phenoxy) is 2. The lowest BCUT2D eigenvalue weighted by atomic mass is 9.98. The molecule has 2 aliphatic heterocycles. The maximum atomic E-state index is 13.5. The Balaban J connectivity index is 1.53. The molecule has 4 rings (SSSR count).